The van der Waals surface area contributed by atoms with Gasteiger partial charge in [0.05, 0.1) is 4.92 Å². The number of carboxylic acids is 1. The predicted molar refractivity (Wildman–Crippen MR) is 49.8 cm³/mol. The van der Waals surface area contributed by atoms with Gasteiger partial charge in [0.15, 0.2) is 0 Å². The molecule has 0 aliphatic rings. The van der Waals surface area contributed by atoms with E-state index in [1.54, 1.807) is 6.92 Å². The van der Waals surface area contributed by atoms with Crippen molar-refractivity contribution in [2.75, 3.05) is 0 Å². The molecule has 0 bridgehead atoms. The summed E-state index contributed by atoms with van der Waals surface area (Å²) >= 11 is 5.63. The highest BCUT2D eigenvalue weighted by Gasteiger charge is 2.24. The molecule has 0 amide bonds. The van der Waals surface area contributed by atoms with E-state index in [1.165, 1.54) is 12.1 Å². The summed E-state index contributed by atoms with van der Waals surface area (Å²) in [5, 5.41) is 19.1. The number of aromatic carboxylic acids is 1. The van der Waals surface area contributed by atoms with Crippen LogP contribution in [0.3, 0.4) is 0 Å². The number of nitro benzene ring substituents is 1. The van der Waals surface area contributed by atoms with Gasteiger partial charge in [-0.15, -0.1) is 0 Å². The van der Waals surface area contributed by atoms with Gasteiger partial charge in [0.25, 0.3) is 0 Å². The Balaban J connectivity index is 3.53. The van der Waals surface area contributed by atoms with Crippen molar-refractivity contribution in [3.05, 3.63) is 38.4 Å². The van der Waals surface area contributed by atoms with Crippen LogP contribution in [0.1, 0.15) is 15.9 Å². The molecule has 74 valence electrons. The number of rotatable bonds is 2. The van der Waals surface area contributed by atoms with Gasteiger partial charge in [-0.1, -0.05) is 17.7 Å². The molecular formula is C8H6ClNO4. The van der Waals surface area contributed by atoms with Crippen LogP contribution in [-0.2, 0) is 0 Å². The average molecular weight is 216 g/mol. The Morgan fingerprint density at radius 1 is 1.57 bits per heavy atom. The zero-order chi connectivity index (χ0) is 10.9. The van der Waals surface area contributed by atoms with Crippen molar-refractivity contribution in [1.29, 1.82) is 0 Å². The van der Waals surface area contributed by atoms with E-state index in [0.717, 1.165) is 0 Å². The van der Waals surface area contributed by atoms with Crippen molar-refractivity contribution in [2.24, 2.45) is 0 Å². The number of hydrogen-bond acceptors (Lipinski definition) is 3. The summed E-state index contributed by atoms with van der Waals surface area (Å²) in [5.41, 5.74) is -0.479. The quantitative estimate of drug-likeness (QED) is 0.606. The number of aryl methyl sites for hydroxylation is 1. The first-order valence-corrected chi connectivity index (χ1v) is 3.99. The Kier molecular flexibility index (Phi) is 2.71. The third-order valence-electron chi connectivity index (χ3n) is 1.72. The Morgan fingerprint density at radius 2 is 2.14 bits per heavy atom. The normalized spacial score (nSPS) is 9.86. The lowest BCUT2D eigenvalue weighted by molar-refractivity contribution is -0.385. The molecule has 14 heavy (non-hydrogen) atoms. The molecular weight excluding hydrogens is 210 g/mol. The maximum Gasteiger partial charge on any atom is 0.342 e. The smallest absolute Gasteiger partial charge is 0.342 e. The molecule has 5 nitrogen and oxygen atoms in total. The molecule has 0 unspecified atom stereocenters. The average Bonchev–Trinajstić information content (AvgIpc) is 2.08. The van der Waals surface area contributed by atoms with Crippen molar-refractivity contribution in [3.8, 4) is 0 Å². The second kappa shape index (κ2) is 3.63. The molecule has 0 aromatic heterocycles. The molecule has 6 heteroatoms. The summed E-state index contributed by atoms with van der Waals surface area (Å²) < 4.78 is 0. The summed E-state index contributed by atoms with van der Waals surface area (Å²) in [6, 6.07) is 2.60. The van der Waals surface area contributed by atoms with E-state index in [9.17, 15) is 14.9 Å². The van der Waals surface area contributed by atoms with Gasteiger partial charge in [0.2, 0.25) is 0 Å². The Hall–Kier alpha value is -1.62. The molecule has 1 aromatic carbocycles. The number of hydrogen-bond donors (Lipinski definition) is 1. The zero-order valence-corrected chi connectivity index (χ0v) is 7.91. The lowest BCUT2D eigenvalue weighted by Gasteiger charge is -2.02. The summed E-state index contributed by atoms with van der Waals surface area (Å²) in [5.74, 6) is -1.36. The van der Waals surface area contributed by atoms with Crippen molar-refractivity contribution >= 4 is 23.3 Å². The highest BCUT2D eigenvalue weighted by molar-refractivity contribution is 6.34. The molecule has 0 heterocycles. The number of benzene rings is 1. The van der Waals surface area contributed by atoms with Crippen molar-refractivity contribution in [1.82, 2.24) is 0 Å². The number of carboxylic acid groups (broad SMARTS) is 1. The topological polar surface area (TPSA) is 80.4 Å². The van der Waals surface area contributed by atoms with Gasteiger partial charge in [-0.3, -0.25) is 10.1 Å². The number of nitrogens with zero attached hydrogens (tertiary/aromatic N) is 1. The summed E-state index contributed by atoms with van der Waals surface area (Å²) in [7, 11) is 0. The van der Waals surface area contributed by atoms with Gasteiger partial charge in [-0.25, -0.2) is 4.79 Å². The molecule has 0 saturated carbocycles. The standard InChI is InChI=1S/C8H6ClNO4/c1-4-2-3-5(8(11)12)7(6(4)9)10(13)14/h2-3H,1H3,(H,11,12). The summed E-state index contributed by atoms with van der Waals surface area (Å²) in [6.07, 6.45) is 0. The maximum atomic E-state index is 10.6. The maximum absolute atomic E-state index is 10.6. The minimum atomic E-state index is -1.36. The van der Waals surface area contributed by atoms with Gasteiger partial charge in [0.1, 0.15) is 10.6 Å². The summed E-state index contributed by atoms with van der Waals surface area (Å²) in [6.45, 7) is 1.57. The van der Waals surface area contributed by atoms with Crippen LogP contribution >= 0.6 is 11.6 Å². The second-order valence-corrected chi connectivity index (χ2v) is 3.03. The van der Waals surface area contributed by atoms with Crippen LogP contribution in [0.25, 0.3) is 0 Å². The number of halogens is 1. The molecule has 1 N–H and O–H groups in total. The predicted octanol–water partition coefficient (Wildman–Crippen LogP) is 2.25. The van der Waals surface area contributed by atoms with Crippen molar-refractivity contribution < 1.29 is 14.8 Å². The Bertz CT molecular complexity index is 416. The van der Waals surface area contributed by atoms with Gasteiger partial charge >= 0.3 is 11.7 Å². The molecule has 0 atom stereocenters. The second-order valence-electron chi connectivity index (χ2n) is 2.65. The number of nitro groups is 1. The summed E-state index contributed by atoms with van der Waals surface area (Å²) in [4.78, 5) is 20.4. The van der Waals surface area contributed by atoms with E-state index >= 15 is 0 Å². The Morgan fingerprint density at radius 3 is 2.57 bits per heavy atom. The van der Waals surface area contributed by atoms with E-state index in [-0.39, 0.29) is 5.02 Å². The van der Waals surface area contributed by atoms with Crippen LogP contribution in [0, 0.1) is 17.0 Å². The van der Waals surface area contributed by atoms with Crippen molar-refractivity contribution in [3.63, 3.8) is 0 Å². The van der Waals surface area contributed by atoms with Gasteiger partial charge in [0, 0.05) is 0 Å². The molecule has 0 saturated heterocycles. The molecule has 0 fully saturated rings. The van der Waals surface area contributed by atoms with Crippen LogP contribution in [0.2, 0.25) is 5.02 Å². The SMILES string of the molecule is Cc1ccc(C(=O)O)c([N+](=O)[O-])c1Cl. The molecule has 1 aromatic rings. The van der Waals surface area contributed by atoms with Crippen LogP contribution in [-0.4, -0.2) is 16.0 Å². The largest absolute Gasteiger partial charge is 0.477 e. The number of carbonyl (C=O) groups is 1. The van der Waals surface area contributed by atoms with Crippen LogP contribution in [0.5, 0.6) is 0 Å². The highest BCUT2D eigenvalue weighted by Crippen LogP contribution is 2.31. The minimum Gasteiger partial charge on any atom is -0.477 e. The highest BCUT2D eigenvalue weighted by atomic mass is 35.5. The first kappa shape index (κ1) is 10.5. The van der Waals surface area contributed by atoms with Crippen molar-refractivity contribution in [2.45, 2.75) is 6.92 Å². The first-order valence-electron chi connectivity index (χ1n) is 3.62. The molecule has 0 radical (unpaired) electrons. The first-order chi connectivity index (χ1) is 6.45. The lowest BCUT2D eigenvalue weighted by atomic mass is 10.1. The lowest BCUT2D eigenvalue weighted by Crippen LogP contribution is -2.03. The molecule has 0 aliphatic heterocycles. The fourth-order valence-electron chi connectivity index (χ4n) is 1.02. The fraction of sp³-hybridized carbons (Fsp3) is 0.125. The van der Waals surface area contributed by atoms with E-state index in [1.807, 2.05) is 0 Å². The van der Waals surface area contributed by atoms with Gasteiger partial charge in [-0.2, -0.15) is 0 Å². The van der Waals surface area contributed by atoms with Crippen LogP contribution in [0.15, 0.2) is 12.1 Å². The molecule has 1 rings (SSSR count). The van der Waals surface area contributed by atoms with E-state index < -0.39 is 22.1 Å². The minimum absolute atomic E-state index is 0.130. The fourth-order valence-corrected chi connectivity index (χ4v) is 1.25. The van der Waals surface area contributed by atoms with E-state index in [0.29, 0.717) is 5.56 Å². The third kappa shape index (κ3) is 1.67. The molecule has 0 spiro atoms. The Labute approximate surface area is 84.1 Å². The van der Waals surface area contributed by atoms with Crippen LogP contribution in [0.4, 0.5) is 5.69 Å². The van der Waals surface area contributed by atoms with Gasteiger partial charge in [-0.05, 0) is 18.6 Å². The zero-order valence-electron chi connectivity index (χ0n) is 7.15. The van der Waals surface area contributed by atoms with E-state index in [2.05, 4.69) is 0 Å². The third-order valence-corrected chi connectivity index (χ3v) is 2.20. The van der Waals surface area contributed by atoms with Gasteiger partial charge < -0.3 is 5.11 Å². The van der Waals surface area contributed by atoms with Crippen LogP contribution < -0.4 is 0 Å². The monoisotopic (exact) mass is 215 g/mol. The molecule has 0 aliphatic carbocycles. The van der Waals surface area contributed by atoms with E-state index in [4.69, 9.17) is 16.7 Å².